The van der Waals surface area contributed by atoms with Gasteiger partial charge in [0.25, 0.3) is 0 Å². The number of ether oxygens (including phenoxy) is 1. The molecule has 2 nitrogen and oxygen atoms in total. The van der Waals surface area contributed by atoms with Gasteiger partial charge in [-0.25, -0.2) is 4.99 Å². The molecule has 0 unspecified atom stereocenters. The van der Waals surface area contributed by atoms with Crippen LogP contribution in [-0.4, -0.2) is 18.5 Å². The van der Waals surface area contributed by atoms with Gasteiger partial charge >= 0.3 is 0 Å². The van der Waals surface area contributed by atoms with Crippen LogP contribution in [0.2, 0.25) is 5.02 Å². The van der Waals surface area contributed by atoms with Gasteiger partial charge in [0.05, 0.1) is 6.04 Å². The first-order valence-electron chi connectivity index (χ1n) is 6.32. The minimum Gasteiger partial charge on any atom is -0.475 e. The Kier molecular flexibility index (Phi) is 3.51. The van der Waals surface area contributed by atoms with E-state index in [0.29, 0.717) is 6.61 Å². The van der Waals surface area contributed by atoms with Crippen molar-refractivity contribution in [2.45, 2.75) is 12.5 Å². The monoisotopic (exact) mass is 271 g/mol. The summed E-state index contributed by atoms with van der Waals surface area (Å²) in [6, 6.07) is 18.2. The molecular formula is C16H14ClNO. The van der Waals surface area contributed by atoms with Crippen molar-refractivity contribution < 1.29 is 4.74 Å². The smallest absolute Gasteiger partial charge is 0.216 e. The number of hydrogen-bond donors (Lipinski definition) is 0. The van der Waals surface area contributed by atoms with Crippen LogP contribution in [0.1, 0.15) is 11.1 Å². The van der Waals surface area contributed by atoms with E-state index in [1.165, 1.54) is 5.56 Å². The topological polar surface area (TPSA) is 21.6 Å². The van der Waals surface area contributed by atoms with Gasteiger partial charge in [0.1, 0.15) is 6.61 Å². The molecule has 0 bridgehead atoms. The molecule has 1 aliphatic heterocycles. The largest absolute Gasteiger partial charge is 0.475 e. The fraction of sp³-hybridized carbons (Fsp3) is 0.188. The van der Waals surface area contributed by atoms with Crippen LogP contribution in [0.3, 0.4) is 0 Å². The fourth-order valence-corrected chi connectivity index (χ4v) is 2.28. The first-order valence-corrected chi connectivity index (χ1v) is 6.69. The summed E-state index contributed by atoms with van der Waals surface area (Å²) in [7, 11) is 0. The summed E-state index contributed by atoms with van der Waals surface area (Å²) in [6.07, 6.45) is 0.915. The predicted octanol–water partition coefficient (Wildman–Crippen LogP) is 3.73. The molecule has 0 aliphatic carbocycles. The lowest BCUT2D eigenvalue weighted by molar-refractivity contribution is 0.317. The van der Waals surface area contributed by atoms with Crippen molar-refractivity contribution in [3.8, 4) is 0 Å². The molecule has 3 heteroatoms. The van der Waals surface area contributed by atoms with E-state index in [0.717, 1.165) is 22.9 Å². The Morgan fingerprint density at radius 1 is 1.05 bits per heavy atom. The number of nitrogens with zero attached hydrogens (tertiary/aromatic N) is 1. The second-order valence-corrected chi connectivity index (χ2v) is 5.03. The van der Waals surface area contributed by atoms with Gasteiger partial charge in [0.2, 0.25) is 5.90 Å². The summed E-state index contributed by atoms with van der Waals surface area (Å²) in [5, 5.41) is 0.725. The summed E-state index contributed by atoms with van der Waals surface area (Å²) >= 11 is 5.87. The number of rotatable bonds is 3. The second-order valence-electron chi connectivity index (χ2n) is 4.60. The second kappa shape index (κ2) is 5.45. The Morgan fingerprint density at radius 2 is 1.79 bits per heavy atom. The van der Waals surface area contributed by atoms with E-state index in [2.05, 4.69) is 29.3 Å². The standard InChI is InChI=1S/C16H14ClNO/c17-14-8-6-13(7-9-14)16-18-15(11-19-16)10-12-4-2-1-3-5-12/h1-9,15H,10-11H2/t15-/m0/s1. The van der Waals surface area contributed by atoms with E-state index < -0.39 is 0 Å². The van der Waals surface area contributed by atoms with E-state index in [1.54, 1.807) is 0 Å². The third kappa shape index (κ3) is 2.96. The van der Waals surface area contributed by atoms with Crippen LogP contribution in [0.4, 0.5) is 0 Å². The van der Waals surface area contributed by atoms with Gasteiger partial charge in [-0.15, -0.1) is 0 Å². The lowest BCUT2D eigenvalue weighted by Crippen LogP contribution is -2.09. The molecule has 0 saturated carbocycles. The average molecular weight is 272 g/mol. The molecule has 0 radical (unpaired) electrons. The van der Waals surface area contributed by atoms with E-state index in [1.807, 2.05) is 30.3 Å². The van der Waals surface area contributed by atoms with E-state index in [-0.39, 0.29) is 6.04 Å². The first-order chi connectivity index (χ1) is 9.31. The van der Waals surface area contributed by atoms with Gasteiger partial charge in [-0.1, -0.05) is 41.9 Å². The van der Waals surface area contributed by atoms with Crippen LogP contribution in [0.25, 0.3) is 0 Å². The predicted molar refractivity (Wildman–Crippen MR) is 77.9 cm³/mol. The van der Waals surface area contributed by atoms with E-state index in [4.69, 9.17) is 16.3 Å². The SMILES string of the molecule is Clc1ccc(C2=N[C@@H](Cc3ccccc3)CO2)cc1. The zero-order valence-electron chi connectivity index (χ0n) is 10.4. The molecule has 0 aromatic heterocycles. The minimum absolute atomic E-state index is 0.202. The Labute approximate surface area is 117 Å². The van der Waals surface area contributed by atoms with Crippen molar-refractivity contribution in [3.63, 3.8) is 0 Å². The highest BCUT2D eigenvalue weighted by atomic mass is 35.5. The lowest BCUT2D eigenvalue weighted by atomic mass is 10.1. The van der Waals surface area contributed by atoms with Gasteiger partial charge in [0.15, 0.2) is 0 Å². The van der Waals surface area contributed by atoms with Crippen LogP contribution < -0.4 is 0 Å². The summed E-state index contributed by atoms with van der Waals surface area (Å²) in [4.78, 5) is 4.63. The van der Waals surface area contributed by atoms with Gasteiger partial charge in [-0.3, -0.25) is 0 Å². The van der Waals surface area contributed by atoms with Gasteiger partial charge in [-0.2, -0.15) is 0 Å². The molecule has 1 heterocycles. The number of hydrogen-bond acceptors (Lipinski definition) is 2. The number of halogens is 1. The van der Waals surface area contributed by atoms with Gasteiger partial charge < -0.3 is 4.74 Å². The molecule has 0 N–H and O–H groups in total. The molecule has 2 aromatic rings. The summed E-state index contributed by atoms with van der Waals surface area (Å²) in [6.45, 7) is 0.646. The highest BCUT2D eigenvalue weighted by molar-refractivity contribution is 6.30. The van der Waals surface area contributed by atoms with E-state index >= 15 is 0 Å². The van der Waals surface area contributed by atoms with E-state index in [9.17, 15) is 0 Å². The van der Waals surface area contributed by atoms with Crippen molar-refractivity contribution >= 4 is 17.5 Å². The zero-order chi connectivity index (χ0) is 13.1. The molecule has 0 amide bonds. The van der Waals surface area contributed by atoms with Crippen LogP contribution in [0.15, 0.2) is 59.6 Å². The number of aliphatic imine (C=N–C) groups is 1. The molecule has 19 heavy (non-hydrogen) atoms. The maximum atomic E-state index is 5.87. The molecule has 0 spiro atoms. The summed E-state index contributed by atoms with van der Waals surface area (Å²) < 4.78 is 5.67. The Hall–Kier alpha value is -1.80. The van der Waals surface area contributed by atoms with Crippen LogP contribution in [0.5, 0.6) is 0 Å². The normalized spacial score (nSPS) is 17.9. The third-order valence-corrected chi connectivity index (χ3v) is 3.37. The highest BCUT2D eigenvalue weighted by Gasteiger charge is 2.20. The van der Waals surface area contributed by atoms with Gasteiger partial charge in [-0.05, 0) is 36.2 Å². The van der Waals surface area contributed by atoms with Crippen LogP contribution in [0, 0.1) is 0 Å². The fourth-order valence-electron chi connectivity index (χ4n) is 2.16. The average Bonchev–Trinajstić information content (AvgIpc) is 2.89. The number of benzene rings is 2. The van der Waals surface area contributed by atoms with Crippen molar-refractivity contribution in [1.29, 1.82) is 0 Å². The Bertz CT molecular complexity index is 577. The third-order valence-electron chi connectivity index (χ3n) is 3.12. The minimum atomic E-state index is 0.202. The zero-order valence-corrected chi connectivity index (χ0v) is 11.2. The first kappa shape index (κ1) is 12.2. The highest BCUT2D eigenvalue weighted by Crippen LogP contribution is 2.17. The summed E-state index contributed by atoms with van der Waals surface area (Å²) in [5.41, 5.74) is 2.28. The van der Waals surface area contributed by atoms with Crippen molar-refractivity contribution in [2.24, 2.45) is 4.99 Å². The van der Waals surface area contributed by atoms with Gasteiger partial charge in [0, 0.05) is 10.6 Å². The Morgan fingerprint density at radius 3 is 2.53 bits per heavy atom. The molecule has 0 saturated heterocycles. The molecule has 0 fully saturated rings. The maximum Gasteiger partial charge on any atom is 0.216 e. The summed E-state index contributed by atoms with van der Waals surface area (Å²) in [5.74, 6) is 0.720. The van der Waals surface area contributed by atoms with Crippen LogP contribution in [-0.2, 0) is 11.2 Å². The van der Waals surface area contributed by atoms with Crippen molar-refractivity contribution in [1.82, 2.24) is 0 Å². The molecule has 1 atom stereocenters. The quantitative estimate of drug-likeness (QED) is 0.834. The molecular weight excluding hydrogens is 258 g/mol. The Balaban J connectivity index is 1.72. The molecule has 3 rings (SSSR count). The lowest BCUT2D eigenvalue weighted by Gasteiger charge is -2.04. The maximum absolute atomic E-state index is 5.87. The molecule has 1 aliphatic rings. The molecule has 96 valence electrons. The van der Waals surface area contributed by atoms with Crippen molar-refractivity contribution in [2.75, 3.05) is 6.61 Å². The molecule has 2 aromatic carbocycles. The van der Waals surface area contributed by atoms with Crippen molar-refractivity contribution in [3.05, 3.63) is 70.7 Å². The van der Waals surface area contributed by atoms with Crippen LogP contribution >= 0.6 is 11.6 Å².